The van der Waals surface area contributed by atoms with Crippen LogP contribution in [0.2, 0.25) is 0 Å². The first-order valence-corrected chi connectivity index (χ1v) is 6.10. The minimum absolute atomic E-state index is 0.0197. The highest BCUT2D eigenvalue weighted by atomic mass is 16.1. The van der Waals surface area contributed by atoms with Gasteiger partial charge in [0.15, 0.2) is 5.78 Å². The molecule has 2 aromatic rings. The Morgan fingerprint density at radius 3 is 2.72 bits per heavy atom. The molecule has 0 aliphatic heterocycles. The van der Waals surface area contributed by atoms with Gasteiger partial charge in [-0.25, -0.2) is 4.98 Å². The average Bonchev–Trinajstić information content (AvgIpc) is 2.71. The maximum atomic E-state index is 11.8. The number of nitrogens with one attached hydrogen (secondary N) is 2. The largest absolute Gasteiger partial charge is 0.342 e. The molecule has 0 atom stereocenters. The molecule has 2 rings (SSSR count). The molecule has 4 nitrogen and oxygen atoms in total. The van der Waals surface area contributed by atoms with Gasteiger partial charge in [-0.3, -0.25) is 4.79 Å². The van der Waals surface area contributed by atoms with E-state index in [1.165, 1.54) is 0 Å². The van der Waals surface area contributed by atoms with Crippen molar-refractivity contribution in [1.29, 1.82) is 0 Å². The number of aromatic amines is 1. The van der Waals surface area contributed by atoms with Crippen LogP contribution in [-0.4, -0.2) is 29.3 Å². The van der Waals surface area contributed by atoms with Crippen LogP contribution in [0, 0.1) is 0 Å². The van der Waals surface area contributed by atoms with E-state index in [-0.39, 0.29) is 11.2 Å². The quantitative estimate of drug-likeness (QED) is 0.815. The number of nitrogens with zero attached hydrogens (tertiary/aromatic N) is 1. The number of aromatic nitrogens is 2. The van der Waals surface area contributed by atoms with Gasteiger partial charge in [-0.2, -0.15) is 0 Å². The zero-order valence-corrected chi connectivity index (χ0v) is 11.3. The number of H-pyrrole nitrogens is 1. The van der Waals surface area contributed by atoms with Crippen LogP contribution in [-0.2, 0) is 5.41 Å². The minimum Gasteiger partial charge on any atom is -0.342 e. The lowest BCUT2D eigenvalue weighted by molar-refractivity contribution is 0.0993. The number of rotatable bonds is 3. The molecule has 4 heteroatoms. The summed E-state index contributed by atoms with van der Waals surface area (Å²) in [6.45, 7) is 6.68. The Labute approximate surface area is 107 Å². The molecule has 1 heterocycles. The first-order chi connectivity index (χ1) is 8.41. The maximum absolute atomic E-state index is 11.8. The Bertz CT molecular complexity index is 578. The van der Waals surface area contributed by atoms with Gasteiger partial charge in [-0.15, -0.1) is 0 Å². The highest BCUT2D eigenvalue weighted by molar-refractivity contribution is 6.00. The third-order valence-corrected chi connectivity index (χ3v) is 2.85. The van der Waals surface area contributed by atoms with Crippen LogP contribution in [0.25, 0.3) is 11.0 Å². The number of benzene rings is 1. The lowest BCUT2D eigenvalue weighted by Crippen LogP contribution is -2.18. The van der Waals surface area contributed by atoms with E-state index in [0.29, 0.717) is 12.1 Å². The smallest absolute Gasteiger partial charge is 0.176 e. The first kappa shape index (κ1) is 12.8. The van der Waals surface area contributed by atoms with Crippen molar-refractivity contribution in [3.05, 3.63) is 29.6 Å². The van der Waals surface area contributed by atoms with Crippen LogP contribution < -0.4 is 5.32 Å². The number of carbonyl (C=O) groups is 1. The third-order valence-electron chi connectivity index (χ3n) is 2.85. The van der Waals surface area contributed by atoms with Crippen LogP contribution in [0.4, 0.5) is 0 Å². The van der Waals surface area contributed by atoms with E-state index >= 15 is 0 Å². The van der Waals surface area contributed by atoms with Crippen molar-refractivity contribution in [2.75, 3.05) is 13.6 Å². The molecule has 0 aliphatic carbocycles. The van der Waals surface area contributed by atoms with Gasteiger partial charge in [-0.05, 0) is 25.2 Å². The molecule has 0 bridgehead atoms. The number of Topliss-reactive ketones (excluding diaryl/α,β-unsaturated/α-hetero) is 1. The molecule has 1 aromatic carbocycles. The van der Waals surface area contributed by atoms with Gasteiger partial charge in [-0.1, -0.05) is 20.8 Å². The van der Waals surface area contributed by atoms with Crippen molar-refractivity contribution >= 4 is 16.8 Å². The lowest BCUT2D eigenvalue weighted by atomic mass is 9.96. The number of hydrogen-bond acceptors (Lipinski definition) is 3. The molecule has 0 spiro atoms. The van der Waals surface area contributed by atoms with Gasteiger partial charge in [0, 0.05) is 11.0 Å². The number of likely N-dealkylation sites (N-methyl/N-ethyl adjacent to an activating group) is 1. The van der Waals surface area contributed by atoms with Crippen molar-refractivity contribution in [1.82, 2.24) is 15.3 Å². The number of fused-ring (bicyclic) bond motifs is 1. The molecule has 0 unspecified atom stereocenters. The summed E-state index contributed by atoms with van der Waals surface area (Å²) in [5.41, 5.74) is 2.51. The number of hydrogen-bond donors (Lipinski definition) is 2. The van der Waals surface area contributed by atoms with Gasteiger partial charge < -0.3 is 10.3 Å². The number of ketones is 1. The summed E-state index contributed by atoms with van der Waals surface area (Å²) in [4.78, 5) is 19.6. The summed E-state index contributed by atoms with van der Waals surface area (Å²) in [5.74, 6) is 1.03. The fourth-order valence-electron chi connectivity index (χ4n) is 1.80. The van der Waals surface area contributed by atoms with Crippen molar-refractivity contribution in [2.24, 2.45) is 0 Å². The summed E-state index contributed by atoms with van der Waals surface area (Å²) in [6.07, 6.45) is 0. The minimum atomic E-state index is -0.0197. The molecule has 0 radical (unpaired) electrons. The molecule has 1 aromatic heterocycles. The van der Waals surface area contributed by atoms with E-state index < -0.39 is 0 Å². The summed E-state index contributed by atoms with van der Waals surface area (Å²) in [5, 5.41) is 2.87. The summed E-state index contributed by atoms with van der Waals surface area (Å²) in [6, 6.07) is 5.59. The summed E-state index contributed by atoms with van der Waals surface area (Å²) < 4.78 is 0. The second kappa shape index (κ2) is 4.53. The van der Waals surface area contributed by atoms with Crippen LogP contribution in [0.3, 0.4) is 0 Å². The normalized spacial score (nSPS) is 12.0. The molecule has 2 N–H and O–H groups in total. The van der Waals surface area contributed by atoms with Crippen molar-refractivity contribution in [2.45, 2.75) is 26.2 Å². The molecular formula is C14H19N3O. The Kier molecular flexibility index (Phi) is 3.22. The average molecular weight is 245 g/mol. The second-order valence-electron chi connectivity index (χ2n) is 5.52. The number of carbonyl (C=O) groups excluding carboxylic acids is 1. The predicted molar refractivity (Wildman–Crippen MR) is 73.1 cm³/mol. The molecule has 0 amide bonds. The van der Waals surface area contributed by atoms with Crippen LogP contribution in [0.5, 0.6) is 0 Å². The summed E-state index contributed by atoms with van der Waals surface area (Å²) in [7, 11) is 1.77. The van der Waals surface area contributed by atoms with Crippen molar-refractivity contribution in [3.63, 3.8) is 0 Å². The zero-order valence-electron chi connectivity index (χ0n) is 11.3. The van der Waals surface area contributed by atoms with E-state index in [4.69, 9.17) is 0 Å². The zero-order chi connectivity index (χ0) is 13.3. The van der Waals surface area contributed by atoms with Gasteiger partial charge in [0.2, 0.25) is 0 Å². The molecule has 0 saturated heterocycles. The predicted octanol–water partition coefficient (Wildman–Crippen LogP) is 2.26. The molecule has 96 valence electrons. The maximum Gasteiger partial charge on any atom is 0.176 e. The van der Waals surface area contributed by atoms with E-state index in [1.807, 2.05) is 18.2 Å². The van der Waals surface area contributed by atoms with Gasteiger partial charge >= 0.3 is 0 Å². The fourth-order valence-corrected chi connectivity index (χ4v) is 1.80. The Balaban J connectivity index is 2.43. The van der Waals surface area contributed by atoms with E-state index in [2.05, 4.69) is 36.1 Å². The molecule has 18 heavy (non-hydrogen) atoms. The van der Waals surface area contributed by atoms with Gasteiger partial charge in [0.05, 0.1) is 17.6 Å². The summed E-state index contributed by atoms with van der Waals surface area (Å²) >= 11 is 0. The van der Waals surface area contributed by atoms with Crippen LogP contribution >= 0.6 is 0 Å². The lowest BCUT2D eigenvalue weighted by Gasteiger charge is -2.13. The Morgan fingerprint density at radius 2 is 2.11 bits per heavy atom. The molecule has 0 aliphatic rings. The van der Waals surface area contributed by atoms with E-state index in [1.54, 1.807) is 7.05 Å². The standard InChI is InChI=1S/C14H19N3O/c1-14(2,3)13-16-10-6-5-9(7-11(10)17-13)12(18)8-15-4/h5-7,15H,8H2,1-4H3,(H,16,17). The van der Waals surface area contributed by atoms with Crippen molar-refractivity contribution < 1.29 is 4.79 Å². The van der Waals surface area contributed by atoms with E-state index in [9.17, 15) is 4.79 Å². The Hall–Kier alpha value is -1.68. The fraction of sp³-hybridized carbons (Fsp3) is 0.429. The SMILES string of the molecule is CNCC(=O)c1ccc2nc(C(C)(C)C)[nH]c2c1. The monoisotopic (exact) mass is 245 g/mol. The first-order valence-electron chi connectivity index (χ1n) is 6.10. The van der Waals surface area contributed by atoms with Crippen LogP contribution in [0.1, 0.15) is 37.0 Å². The number of imidazole rings is 1. The Morgan fingerprint density at radius 1 is 1.39 bits per heavy atom. The molecule has 0 fully saturated rings. The van der Waals surface area contributed by atoms with Crippen molar-refractivity contribution in [3.8, 4) is 0 Å². The van der Waals surface area contributed by atoms with Gasteiger partial charge in [0.1, 0.15) is 5.82 Å². The highest BCUT2D eigenvalue weighted by Crippen LogP contribution is 2.23. The van der Waals surface area contributed by atoms with Gasteiger partial charge in [0.25, 0.3) is 0 Å². The second-order valence-corrected chi connectivity index (χ2v) is 5.52. The topological polar surface area (TPSA) is 57.8 Å². The molecular weight excluding hydrogens is 226 g/mol. The third kappa shape index (κ3) is 2.43. The highest BCUT2D eigenvalue weighted by Gasteiger charge is 2.18. The van der Waals surface area contributed by atoms with E-state index in [0.717, 1.165) is 16.9 Å². The van der Waals surface area contributed by atoms with Crippen LogP contribution in [0.15, 0.2) is 18.2 Å². The molecule has 0 saturated carbocycles.